The number of rotatable bonds is 0. The highest BCUT2D eigenvalue weighted by molar-refractivity contribution is 5.89. The number of azo groups is 1. The van der Waals surface area contributed by atoms with Crippen molar-refractivity contribution >= 4 is 5.91 Å². The Balaban J connectivity index is 2.89. The molecule has 0 bridgehead atoms. The van der Waals surface area contributed by atoms with Gasteiger partial charge in [-0.25, -0.2) is 0 Å². The van der Waals surface area contributed by atoms with Crippen LogP contribution in [0.3, 0.4) is 0 Å². The van der Waals surface area contributed by atoms with Gasteiger partial charge in [-0.15, -0.1) is 5.11 Å². The van der Waals surface area contributed by atoms with Crippen molar-refractivity contribution < 1.29 is 6.17 Å². The van der Waals surface area contributed by atoms with Crippen molar-refractivity contribution in [3.05, 3.63) is 12.3 Å². The third-order valence-corrected chi connectivity index (χ3v) is 0.394. The third kappa shape index (κ3) is 0.337. The van der Waals surface area contributed by atoms with Crippen LogP contribution in [0.2, 0.25) is 0 Å². The molecule has 0 aromatic rings. The lowest BCUT2D eigenvalue weighted by molar-refractivity contribution is -0.113. The molecule has 1 aliphatic rings. The van der Waals surface area contributed by atoms with Crippen LogP contribution >= 0.6 is 0 Å². The standard InChI is InChI=1S/C3H2N2O/c6-3-1-2-4-5-3/h1-2H/i1T. The first-order chi connectivity index (χ1) is 3.30. The summed E-state index contributed by atoms with van der Waals surface area (Å²) < 4.78 is 6.66. The van der Waals surface area contributed by atoms with E-state index in [0.717, 1.165) is 6.20 Å². The summed E-state index contributed by atoms with van der Waals surface area (Å²) >= 11 is 0. The quantitative estimate of drug-likeness (QED) is 0.421. The van der Waals surface area contributed by atoms with E-state index in [1.807, 2.05) is 0 Å². The molecule has 6 heavy (non-hydrogen) atoms. The minimum Gasteiger partial charge on any atom is -0.266 e. The number of hydrogen-bond acceptors (Lipinski definition) is 2. The van der Waals surface area contributed by atoms with Crippen molar-refractivity contribution in [3.8, 4) is 0 Å². The van der Waals surface area contributed by atoms with Crippen LogP contribution in [0.4, 0.5) is 0 Å². The van der Waals surface area contributed by atoms with E-state index in [-0.39, 0.29) is 6.05 Å². The predicted molar refractivity (Wildman–Crippen MR) is 19.0 cm³/mol. The van der Waals surface area contributed by atoms with Crippen molar-refractivity contribution in [1.29, 1.82) is 0 Å². The van der Waals surface area contributed by atoms with Crippen molar-refractivity contribution in [2.24, 2.45) is 10.2 Å². The van der Waals surface area contributed by atoms with E-state index < -0.39 is 5.91 Å². The molecule has 0 spiro atoms. The van der Waals surface area contributed by atoms with Gasteiger partial charge in [0.1, 0.15) is 0 Å². The van der Waals surface area contributed by atoms with Crippen LogP contribution in [-0.2, 0) is 4.79 Å². The predicted octanol–water partition coefficient (Wildman–Crippen LogP) is 0.492. The van der Waals surface area contributed by atoms with E-state index in [9.17, 15) is 4.79 Å². The fraction of sp³-hybridized carbons (Fsp3) is 0. The van der Waals surface area contributed by atoms with Crippen LogP contribution in [0.5, 0.6) is 0 Å². The van der Waals surface area contributed by atoms with Crippen LogP contribution in [0.15, 0.2) is 22.5 Å². The molecule has 1 aliphatic heterocycles. The first kappa shape index (κ1) is 2.23. The molecule has 0 aromatic carbocycles. The van der Waals surface area contributed by atoms with E-state index in [0.29, 0.717) is 0 Å². The van der Waals surface area contributed by atoms with Gasteiger partial charge in [0, 0.05) is 6.05 Å². The lowest BCUT2D eigenvalue weighted by atomic mass is 10.6. The number of carbonyl (C=O) groups is 1. The van der Waals surface area contributed by atoms with Crippen molar-refractivity contribution in [2.45, 2.75) is 0 Å². The van der Waals surface area contributed by atoms with E-state index in [1.165, 1.54) is 0 Å². The Labute approximate surface area is 35.8 Å². The molecule has 0 saturated carbocycles. The lowest BCUT2D eigenvalue weighted by Crippen LogP contribution is -1.74. The summed E-state index contributed by atoms with van der Waals surface area (Å²) in [6.45, 7) is 0. The fourth-order valence-electron chi connectivity index (χ4n) is 0.194. The van der Waals surface area contributed by atoms with Crippen LogP contribution in [0, 0.1) is 0 Å². The zero-order chi connectivity index (χ0) is 5.28. The Morgan fingerprint density at radius 1 is 2.00 bits per heavy atom. The Hall–Kier alpha value is -0.990. The molecule has 1 rings (SSSR count). The maximum atomic E-state index is 10.1. The van der Waals surface area contributed by atoms with Gasteiger partial charge in [-0.05, 0) is 0 Å². The second kappa shape index (κ2) is 1.01. The van der Waals surface area contributed by atoms with E-state index >= 15 is 0 Å². The van der Waals surface area contributed by atoms with Crippen LogP contribution in [0.25, 0.3) is 0 Å². The molecular formula is C3H2N2O. The maximum Gasteiger partial charge on any atom is 0.289 e. The van der Waals surface area contributed by atoms with Gasteiger partial charge < -0.3 is 0 Å². The van der Waals surface area contributed by atoms with Gasteiger partial charge in [0.15, 0.2) is 0 Å². The molecule has 0 N–H and O–H groups in total. The average Bonchev–Trinajstić information content (AvgIpc) is 1.91. The minimum atomic E-state index is -0.556. The molecule has 0 fully saturated rings. The third-order valence-electron chi connectivity index (χ3n) is 0.394. The molecule has 0 unspecified atom stereocenters. The summed E-state index contributed by atoms with van der Waals surface area (Å²) in [5.74, 6) is -0.556. The zero-order valence-corrected chi connectivity index (χ0v) is 2.88. The number of hydrogen-bond donors (Lipinski definition) is 0. The molecule has 1 amide bonds. The van der Waals surface area contributed by atoms with Gasteiger partial charge >= 0.3 is 0 Å². The molecular weight excluding hydrogens is 80.0 g/mol. The normalized spacial score (nSPS) is 21.0. The van der Waals surface area contributed by atoms with Crippen molar-refractivity contribution in [1.82, 2.24) is 0 Å². The molecule has 3 heteroatoms. The molecule has 0 saturated heterocycles. The average molecular weight is 84.1 g/mol. The monoisotopic (exact) mass is 84.0 g/mol. The van der Waals surface area contributed by atoms with Crippen molar-refractivity contribution in [3.63, 3.8) is 0 Å². The first-order valence-electron chi connectivity index (χ1n) is 1.92. The molecule has 30 valence electrons. The summed E-state index contributed by atoms with van der Waals surface area (Å²) in [6, 6.07) is -0.139. The van der Waals surface area contributed by atoms with Crippen LogP contribution < -0.4 is 0 Å². The zero-order valence-electron chi connectivity index (χ0n) is 3.88. The van der Waals surface area contributed by atoms with Gasteiger partial charge in [0.2, 0.25) is 0 Å². The molecule has 1 heterocycles. The Bertz CT molecular complexity index is 160. The van der Waals surface area contributed by atoms with Crippen molar-refractivity contribution in [2.75, 3.05) is 0 Å². The SMILES string of the molecule is [3H]C1=CN=NC1=O. The lowest BCUT2D eigenvalue weighted by Gasteiger charge is -1.59. The van der Waals surface area contributed by atoms with Gasteiger partial charge in [0.05, 0.1) is 7.57 Å². The summed E-state index contributed by atoms with van der Waals surface area (Å²) in [4.78, 5) is 10.1. The summed E-state index contributed by atoms with van der Waals surface area (Å²) in [6.07, 6.45) is 1.11. The Kier molecular flexibility index (Phi) is 0.374. The van der Waals surface area contributed by atoms with Gasteiger partial charge in [-0.2, -0.15) is 5.11 Å². The second-order valence-corrected chi connectivity index (χ2v) is 0.794. The van der Waals surface area contributed by atoms with E-state index in [4.69, 9.17) is 1.37 Å². The largest absolute Gasteiger partial charge is 0.289 e. The summed E-state index contributed by atoms with van der Waals surface area (Å²) in [5.41, 5.74) is 0. The van der Waals surface area contributed by atoms with Crippen LogP contribution in [0.1, 0.15) is 1.37 Å². The second-order valence-electron chi connectivity index (χ2n) is 0.794. The fourth-order valence-corrected chi connectivity index (χ4v) is 0.194. The van der Waals surface area contributed by atoms with E-state index in [1.54, 1.807) is 0 Å². The highest BCUT2D eigenvalue weighted by atomic mass is 16.1. The van der Waals surface area contributed by atoms with Crippen LogP contribution in [-0.4, -0.2) is 5.91 Å². The smallest absolute Gasteiger partial charge is 0.266 e. The molecule has 0 aliphatic carbocycles. The Morgan fingerprint density at radius 3 is 3.00 bits per heavy atom. The number of carbonyl (C=O) groups excluding carboxylic acids is 1. The summed E-state index contributed by atoms with van der Waals surface area (Å²) in [5, 5.41) is 6.19. The van der Waals surface area contributed by atoms with Gasteiger partial charge in [-0.1, -0.05) is 0 Å². The Morgan fingerprint density at radius 2 is 2.83 bits per heavy atom. The molecule has 0 radical (unpaired) electrons. The topological polar surface area (TPSA) is 41.8 Å². The first-order valence-corrected chi connectivity index (χ1v) is 1.42. The molecule has 0 aromatic heterocycles. The van der Waals surface area contributed by atoms with E-state index in [2.05, 4.69) is 10.2 Å². The van der Waals surface area contributed by atoms with Gasteiger partial charge in [0.25, 0.3) is 5.91 Å². The number of nitrogens with zero attached hydrogens (tertiary/aromatic N) is 2. The highest BCUT2D eigenvalue weighted by Crippen LogP contribution is 1.90. The maximum absolute atomic E-state index is 10.1. The summed E-state index contributed by atoms with van der Waals surface area (Å²) in [7, 11) is 0. The number of amides is 1. The minimum absolute atomic E-state index is 0.139. The highest BCUT2D eigenvalue weighted by Gasteiger charge is 1.92. The molecule has 0 atom stereocenters. The van der Waals surface area contributed by atoms with Gasteiger partial charge in [-0.3, -0.25) is 4.79 Å². The molecule has 3 nitrogen and oxygen atoms in total.